The summed E-state index contributed by atoms with van der Waals surface area (Å²) in [5.74, 6) is -2.95. The Morgan fingerprint density at radius 2 is 1.75 bits per heavy atom. The van der Waals surface area contributed by atoms with Gasteiger partial charge in [-0.3, -0.25) is 9.59 Å². The van der Waals surface area contributed by atoms with Crippen LogP contribution in [0.4, 0.5) is 20.2 Å². The van der Waals surface area contributed by atoms with Crippen LogP contribution in [0.3, 0.4) is 0 Å². The highest BCUT2D eigenvalue weighted by atomic mass is 32.2. The number of carbonyl (C=O) groups excluding carboxylic acids is 2. The van der Waals surface area contributed by atoms with Gasteiger partial charge in [0.05, 0.1) is 17.8 Å². The molecule has 0 spiro atoms. The lowest BCUT2D eigenvalue weighted by molar-refractivity contribution is -0.121. The Morgan fingerprint density at radius 3 is 2.36 bits per heavy atom. The number of benzene rings is 2. The number of alkyl halides is 2. The van der Waals surface area contributed by atoms with Crippen molar-refractivity contribution in [3.63, 3.8) is 0 Å². The van der Waals surface area contributed by atoms with E-state index in [1.807, 2.05) is 13.8 Å². The molecule has 8 heteroatoms. The highest BCUT2D eigenvalue weighted by Crippen LogP contribution is 2.28. The topological polar surface area (TPSA) is 61.4 Å². The maximum atomic E-state index is 12.9. The molecule has 0 aliphatic rings. The molecule has 0 aromatic heterocycles. The van der Waals surface area contributed by atoms with Crippen molar-refractivity contribution >= 4 is 35.0 Å². The normalized spacial score (nSPS) is 10.6. The van der Waals surface area contributed by atoms with Crippen LogP contribution in [0.25, 0.3) is 0 Å². The first kappa shape index (κ1) is 21.7. The number of anilines is 2. The second kappa shape index (κ2) is 10.7. The van der Waals surface area contributed by atoms with E-state index in [-0.39, 0.29) is 18.4 Å². The van der Waals surface area contributed by atoms with E-state index in [9.17, 15) is 18.4 Å². The Bertz CT molecular complexity index is 800. The van der Waals surface area contributed by atoms with E-state index in [4.69, 9.17) is 0 Å². The molecule has 2 aromatic rings. The number of thioether (sulfide) groups is 1. The number of hydrogen-bond acceptors (Lipinski definition) is 4. The summed E-state index contributed by atoms with van der Waals surface area (Å²) in [4.78, 5) is 26.7. The van der Waals surface area contributed by atoms with Gasteiger partial charge in [-0.05, 0) is 50.2 Å². The first-order valence-corrected chi connectivity index (χ1v) is 9.79. The van der Waals surface area contributed by atoms with Crippen molar-refractivity contribution in [3.05, 3.63) is 54.1 Å². The Balaban J connectivity index is 2.17. The van der Waals surface area contributed by atoms with E-state index in [0.717, 1.165) is 0 Å². The molecule has 2 N–H and O–H groups in total. The van der Waals surface area contributed by atoms with Gasteiger partial charge in [0.15, 0.2) is 0 Å². The van der Waals surface area contributed by atoms with Crippen LogP contribution in [0.5, 0.6) is 0 Å². The molecule has 0 fully saturated rings. The van der Waals surface area contributed by atoms with E-state index in [1.165, 1.54) is 4.90 Å². The van der Waals surface area contributed by atoms with Crippen LogP contribution >= 0.6 is 11.8 Å². The highest BCUT2D eigenvalue weighted by Gasteiger charge is 2.19. The third-order valence-corrected chi connectivity index (χ3v) is 4.62. The second-order valence-corrected chi connectivity index (χ2v) is 6.91. The number of halogens is 2. The van der Waals surface area contributed by atoms with Crippen molar-refractivity contribution in [2.45, 2.75) is 24.5 Å². The highest BCUT2D eigenvalue weighted by molar-refractivity contribution is 7.99. The van der Waals surface area contributed by atoms with Gasteiger partial charge in [0, 0.05) is 23.7 Å². The molecule has 5 nitrogen and oxygen atoms in total. The second-order valence-electron chi connectivity index (χ2n) is 5.85. The molecule has 2 amide bonds. The average molecular weight is 407 g/mol. The summed E-state index contributed by atoms with van der Waals surface area (Å²) in [7, 11) is 0. The van der Waals surface area contributed by atoms with Gasteiger partial charge in [-0.25, -0.2) is 0 Å². The molecule has 0 saturated heterocycles. The minimum absolute atomic E-state index is 0.0168. The predicted molar refractivity (Wildman–Crippen MR) is 108 cm³/mol. The van der Waals surface area contributed by atoms with Crippen LogP contribution in [0.2, 0.25) is 0 Å². The van der Waals surface area contributed by atoms with Crippen molar-refractivity contribution in [3.8, 4) is 0 Å². The van der Waals surface area contributed by atoms with Crippen molar-refractivity contribution in [1.82, 2.24) is 10.2 Å². The Kier molecular flexibility index (Phi) is 8.25. The first-order chi connectivity index (χ1) is 13.4. The molecule has 0 saturated carbocycles. The number of carbonyl (C=O) groups is 2. The maximum Gasteiger partial charge on any atom is 0.288 e. The Labute approximate surface area is 167 Å². The fourth-order valence-corrected chi connectivity index (χ4v) is 3.08. The van der Waals surface area contributed by atoms with Gasteiger partial charge in [0.25, 0.3) is 11.7 Å². The van der Waals surface area contributed by atoms with Gasteiger partial charge in [0.1, 0.15) is 0 Å². The minimum atomic E-state index is -2.47. The van der Waals surface area contributed by atoms with E-state index in [0.29, 0.717) is 46.7 Å². The maximum absolute atomic E-state index is 12.9. The largest absolute Gasteiger partial charge is 0.355 e. The minimum Gasteiger partial charge on any atom is -0.355 e. The van der Waals surface area contributed by atoms with Gasteiger partial charge in [-0.1, -0.05) is 23.9 Å². The standard InChI is InChI=1S/C20H23F2N3O2S/c1-3-23-18(26)13-25(4-2)19(27)16-7-5-6-8-17(16)24-14-9-11-15(12-10-14)28-20(21)22/h5-12,20,24H,3-4,13H2,1-2H3,(H,23,26). The lowest BCUT2D eigenvalue weighted by Crippen LogP contribution is -2.40. The molecule has 2 rings (SSSR count). The van der Waals surface area contributed by atoms with Crippen LogP contribution in [0.15, 0.2) is 53.4 Å². The molecule has 28 heavy (non-hydrogen) atoms. The summed E-state index contributed by atoms with van der Waals surface area (Å²) in [5, 5.41) is 5.83. The van der Waals surface area contributed by atoms with Gasteiger partial charge in [-0.2, -0.15) is 8.78 Å². The SMILES string of the molecule is CCNC(=O)CN(CC)C(=O)c1ccccc1Nc1ccc(SC(F)F)cc1. The summed E-state index contributed by atoms with van der Waals surface area (Å²) in [6.07, 6.45) is 0. The third-order valence-electron chi connectivity index (χ3n) is 3.89. The molecule has 150 valence electrons. The molecule has 0 aliphatic heterocycles. The van der Waals surface area contributed by atoms with Crippen LogP contribution in [-0.2, 0) is 4.79 Å². The molecular weight excluding hydrogens is 384 g/mol. The summed E-state index contributed by atoms with van der Waals surface area (Å²) >= 11 is 0.478. The van der Waals surface area contributed by atoms with Gasteiger partial charge >= 0.3 is 0 Å². The van der Waals surface area contributed by atoms with E-state index >= 15 is 0 Å². The predicted octanol–water partition coefficient (Wildman–Crippen LogP) is 4.34. The molecule has 0 heterocycles. The molecule has 0 unspecified atom stereocenters. The fourth-order valence-electron chi connectivity index (χ4n) is 2.58. The van der Waals surface area contributed by atoms with Gasteiger partial charge < -0.3 is 15.5 Å². The van der Waals surface area contributed by atoms with Crippen LogP contribution in [-0.4, -0.2) is 42.1 Å². The van der Waals surface area contributed by atoms with E-state index in [2.05, 4.69) is 10.6 Å². The van der Waals surface area contributed by atoms with Crippen molar-refractivity contribution in [1.29, 1.82) is 0 Å². The number of nitrogens with one attached hydrogen (secondary N) is 2. The molecule has 0 aliphatic carbocycles. The van der Waals surface area contributed by atoms with Crippen molar-refractivity contribution in [2.75, 3.05) is 25.0 Å². The zero-order chi connectivity index (χ0) is 20.5. The van der Waals surface area contributed by atoms with Gasteiger partial charge in [0.2, 0.25) is 5.91 Å². The lowest BCUT2D eigenvalue weighted by atomic mass is 10.1. The molecule has 0 radical (unpaired) electrons. The number of nitrogens with zero attached hydrogens (tertiary/aromatic N) is 1. The quantitative estimate of drug-likeness (QED) is 0.607. The molecule has 2 aromatic carbocycles. The van der Waals surface area contributed by atoms with Gasteiger partial charge in [-0.15, -0.1) is 0 Å². The van der Waals surface area contributed by atoms with E-state index in [1.54, 1.807) is 48.5 Å². The number of likely N-dealkylation sites (N-methyl/N-ethyl adjacent to an activating group) is 2. The zero-order valence-corrected chi connectivity index (χ0v) is 16.6. The number of para-hydroxylation sites is 1. The number of rotatable bonds is 9. The van der Waals surface area contributed by atoms with Crippen molar-refractivity contribution in [2.24, 2.45) is 0 Å². The smallest absolute Gasteiger partial charge is 0.288 e. The van der Waals surface area contributed by atoms with Crippen LogP contribution in [0, 0.1) is 0 Å². The third kappa shape index (κ3) is 6.23. The molecular formula is C20H23F2N3O2S. The van der Waals surface area contributed by atoms with Crippen LogP contribution < -0.4 is 10.6 Å². The average Bonchev–Trinajstić information content (AvgIpc) is 2.67. The Morgan fingerprint density at radius 1 is 1.07 bits per heavy atom. The molecule has 0 bridgehead atoms. The summed E-state index contributed by atoms with van der Waals surface area (Å²) in [5.41, 5.74) is 1.68. The zero-order valence-electron chi connectivity index (χ0n) is 15.7. The first-order valence-electron chi connectivity index (χ1n) is 8.91. The lowest BCUT2D eigenvalue weighted by Gasteiger charge is -2.22. The summed E-state index contributed by atoms with van der Waals surface area (Å²) in [6, 6.07) is 13.5. The summed E-state index contributed by atoms with van der Waals surface area (Å²) in [6.45, 7) is 4.51. The number of amides is 2. The van der Waals surface area contributed by atoms with E-state index < -0.39 is 5.76 Å². The number of hydrogen-bond donors (Lipinski definition) is 2. The summed E-state index contributed by atoms with van der Waals surface area (Å²) < 4.78 is 24.9. The van der Waals surface area contributed by atoms with Crippen molar-refractivity contribution < 1.29 is 18.4 Å². The fraction of sp³-hybridized carbons (Fsp3) is 0.300. The monoisotopic (exact) mass is 407 g/mol. The Hall–Kier alpha value is -2.61. The molecule has 0 atom stereocenters. The van der Waals surface area contributed by atoms with Crippen LogP contribution in [0.1, 0.15) is 24.2 Å².